The molecule has 0 saturated carbocycles. The fourth-order valence-corrected chi connectivity index (χ4v) is 3.87. The minimum absolute atomic E-state index is 0.000391. The number of hydrogen-bond acceptors (Lipinski definition) is 8. The van der Waals surface area contributed by atoms with Crippen LogP contribution >= 0.6 is 11.3 Å². The van der Waals surface area contributed by atoms with E-state index < -0.39 is 4.92 Å². The number of likely N-dealkylation sites (N-methyl/N-ethyl adjacent to an activating group) is 1. The summed E-state index contributed by atoms with van der Waals surface area (Å²) in [6.45, 7) is 2.92. The quantitative estimate of drug-likeness (QED) is 0.485. The Morgan fingerprint density at radius 3 is 2.68 bits per heavy atom. The number of aromatic nitrogens is 3. The molecular formula is C15H17N5O4S. The van der Waals surface area contributed by atoms with Gasteiger partial charge in [-0.25, -0.2) is 4.98 Å². The number of aliphatic hydroxyl groups excluding tert-OH is 1. The number of nitro benzene ring substituents is 1. The molecule has 132 valence electrons. The molecule has 0 aliphatic carbocycles. The number of aromatic hydroxyl groups is 1. The van der Waals surface area contributed by atoms with E-state index in [2.05, 4.69) is 10.1 Å². The smallest absolute Gasteiger partial charge is 0.269 e. The normalized spacial score (nSPS) is 12.8. The third kappa shape index (κ3) is 3.18. The Labute approximate surface area is 146 Å². The lowest BCUT2D eigenvalue weighted by Crippen LogP contribution is -2.31. The molecule has 0 aliphatic heterocycles. The lowest BCUT2D eigenvalue weighted by Gasteiger charge is -2.29. The number of nitro groups is 1. The van der Waals surface area contributed by atoms with Crippen LogP contribution in [0.2, 0.25) is 0 Å². The molecule has 10 heteroatoms. The molecule has 2 N–H and O–H groups in total. The summed E-state index contributed by atoms with van der Waals surface area (Å²) in [4.78, 5) is 17.7. The van der Waals surface area contributed by atoms with Crippen molar-refractivity contribution in [3.8, 4) is 5.88 Å². The fourth-order valence-electron chi connectivity index (χ4n) is 2.78. The van der Waals surface area contributed by atoms with Crippen molar-refractivity contribution >= 4 is 22.0 Å². The average molecular weight is 363 g/mol. The van der Waals surface area contributed by atoms with E-state index in [4.69, 9.17) is 0 Å². The second kappa shape index (κ2) is 7.13. The van der Waals surface area contributed by atoms with Crippen molar-refractivity contribution in [1.82, 2.24) is 19.5 Å². The minimum atomic E-state index is -0.454. The van der Waals surface area contributed by atoms with Gasteiger partial charge in [0.15, 0.2) is 0 Å². The number of fused-ring (bicyclic) bond motifs is 1. The lowest BCUT2D eigenvalue weighted by molar-refractivity contribution is -0.384. The summed E-state index contributed by atoms with van der Waals surface area (Å²) in [5, 5.41) is 34.8. The van der Waals surface area contributed by atoms with Crippen LogP contribution in [0.5, 0.6) is 5.88 Å². The largest absolute Gasteiger partial charge is 0.492 e. The van der Waals surface area contributed by atoms with E-state index >= 15 is 0 Å². The van der Waals surface area contributed by atoms with Crippen LogP contribution in [0.1, 0.15) is 23.4 Å². The Hall–Kier alpha value is -2.56. The maximum Gasteiger partial charge on any atom is 0.269 e. The third-order valence-electron chi connectivity index (χ3n) is 3.97. The predicted octanol–water partition coefficient (Wildman–Crippen LogP) is 1.81. The molecule has 9 nitrogen and oxygen atoms in total. The molecule has 1 aromatic carbocycles. The zero-order valence-corrected chi connectivity index (χ0v) is 14.3. The van der Waals surface area contributed by atoms with Gasteiger partial charge < -0.3 is 10.2 Å². The molecule has 2 aromatic heterocycles. The van der Waals surface area contributed by atoms with Crippen LogP contribution in [0.15, 0.2) is 30.6 Å². The first-order valence-electron chi connectivity index (χ1n) is 7.67. The molecule has 0 spiro atoms. The van der Waals surface area contributed by atoms with Gasteiger partial charge in [-0.2, -0.15) is 9.61 Å². The number of rotatable bonds is 7. The third-order valence-corrected chi connectivity index (χ3v) is 5.05. The fraction of sp³-hybridized carbons (Fsp3) is 0.333. The van der Waals surface area contributed by atoms with E-state index in [0.29, 0.717) is 22.9 Å². The second-order valence-corrected chi connectivity index (χ2v) is 6.36. The maximum absolute atomic E-state index is 10.9. The number of hydrogen-bond donors (Lipinski definition) is 2. The first-order chi connectivity index (χ1) is 12.1. The van der Waals surface area contributed by atoms with Crippen molar-refractivity contribution in [1.29, 1.82) is 0 Å². The zero-order chi connectivity index (χ0) is 18.0. The van der Waals surface area contributed by atoms with E-state index in [9.17, 15) is 20.3 Å². The summed E-state index contributed by atoms with van der Waals surface area (Å²) in [5.41, 5.74) is 0.778. The monoisotopic (exact) mass is 363 g/mol. The van der Waals surface area contributed by atoms with Crippen molar-refractivity contribution in [2.75, 3.05) is 19.7 Å². The van der Waals surface area contributed by atoms with Gasteiger partial charge in [0.25, 0.3) is 5.69 Å². The van der Waals surface area contributed by atoms with Crippen molar-refractivity contribution in [2.24, 2.45) is 0 Å². The number of thiazole rings is 1. The summed E-state index contributed by atoms with van der Waals surface area (Å²) in [6, 6.07) is 5.83. The summed E-state index contributed by atoms with van der Waals surface area (Å²) in [7, 11) is 0. The molecule has 2 heterocycles. The van der Waals surface area contributed by atoms with Gasteiger partial charge in [0, 0.05) is 18.7 Å². The molecular weight excluding hydrogens is 346 g/mol. The van der Waals surface area contributed by atoms with E-state index in [1.807, 2.05) is 11.8 Å². The van der Waals surface area contributed by atoms with Crippen LogP contribution in [0.4, 0.5) is 5.69 Å². The van der Waals surface area contributed by atoms with Gasteiger partial charge in [0.2, 0.25) is 10.8 Å². The van der Waals surface area contributed by atoms with Gasteiger partial charge in [-0.1, -0.05) is 30.4 Å². The van der Waals surface area contributed by atoms with Gasteiger partial charge >= 0.3 is 0 Å². The highest BCUT2D eigenvalue weighted by Crippen LogP contribution is 2.39. The Morgan fingerprint density at radius 2 is 2.12 bits per heavy atom. The summed E-state index contributed by atoms with van der Waals surface area (Å²) < 4.78 is 1.35. The molecule has 0 fully saturated rings. The first kappa shape index (κ1) is 17.3. The molecule has 0 amide bonds. The van der Waals surface area contributed by atoms with E-state index in [1.165, 1.54) is 34.3 Å². The highest BCUT2D eigenvalue weighted by atomic mass is 32.1. The molecule has 3 rings (SSSR count). The molecule has 3 aromatic rings. The van der Waals surface area contributed by atoms with Gasteiger partial charge in [-0.3, -0.25) is 15.0 Å². The van der Waals surface area contributed by atoms with Gasteiger partial charge in [-0.15, -0.1) is 0 Å². The maximum atomic E-state index is 10.9. The van der Waals surface area contributed by atoms with Crippen LogP contribution in [0, 0.1) is 10.1 Å². The van der Waals surface area contributed by atoms with Crippen LogP contribution in [0.3, 0.4) is 0 Å². The lowest BCUT2D eigenvalue weighted by atomic mass is 10.0. The van der Waals surface area contributed by atoms with Crippen LogP contribution in [0.25, 0.3) is 4.96 Å². The predicted molar refractivity (Wildman–Crippen MR) is 91.8 cm³/mol. The number of benzene rings is 1. The molecule has 0 aliphatic rings. The molecule has 25 heavy (non-hydrogen) atoms. The molecule has 1 atom stereocenters. The molecule has 0 saturated heterocycles. The SMILES string of the molecule is CCN(CCO)C(c1ccc([N+](=O)[O-])cc1)c1sc2ncnn2c1O. The summed E-state index contributed by atoms with van der Waals surface area (Å²) in [5.74, 6) is -0.0164. The second-order valence-electron chi connectivity index (χ2n) is 5.35. The topological polar surface area (TPSA) is 117 Å². The van der Waals surface area contributed by atoms with E-state index in [0.717, 1.165) is 5.56 Å². The van der Waals surface area contributed by atoms with Crippen LogP contribution in [-0.4, -0.2) is 54.3 Å². The molecule has 1 unspecified atom stereocenters. The highest BCUT2D eigenvalue weighted by Gasteiger charge is 2.28. The van der Waals surface area contributed by atoms with Crippen LogP contribution < -0.4 is 0 Å². The van der Waals surface area contributed by atoms with Gasteiger partial charge in [0.1, 0.15) is 6.33 Å². The van der Waals surface area contributed by atoms with Crippen molar-refractivity contribution in [3.05, 3.63) is 51.1 Å². The standard InChI is InChI=1S/C15H17N5O4S/c1-2-18(7-8-21)12(10-3-5-11(6-4-10)20(23)24)13-14(22)19-15(25-13)16-9-17-19/h3-6,9,12,21-22H,2,7-8H2,1H3. The van der Waals surface area contributed by atoms with E-state index in [-0.39, 0.29) is 24.2 Å². The summed E-state index contributed by atoms with van der Waals surface area (Å²) in [6.07, 6.45) is 1.36. The zero-order valence-electron chi connectivity index (χ0n) is 13.4. The average Bonchev–Trinajstić information content (AvgIpc) is 3.18. The summed E-state index contributed by atoms with van der Waals surface area (Å²) >= 11 is 1.30. The number of aliphatic hydroxyl groups is 1. The van der Waals surface area contributed by atoms with E-state index in [1.54, 1.807) is 12.1 Å². The Morgan fingerprint density at radius 1 is 1.40 bits per heavy atom. The van der Waals surface area contributed by atoms with Crippen molar-refractivity contribution < 1.29 is 15.1 Å². The first-order valence-corrected chi connectivity index (χ1v) is 8.49. The van der Waals surface area contributed by atoms with Gasteiger partial charge in [0.05, 0.1) is 22.4 Å². The number of non-ortho nitro benzene ring substituents is 1. The molecule has 0 bridgehead atoms. The van der Waals surface area contributed by atoms with Crippen molar-refractivity contribution in [3.63, 3.8) is 0 Å². The number of nitrogens with zero attached hydrogens (tertiary/aromatic N) is 5. The van der Waals surface area contributed by atoms with Gasteiger partial charge in [-0.05, 0) is 12.1 Å². The Balaban J connectivity index is 2.10. The van der Waals surface area contributed by atoms with Crippen molar-refractivity contribution in [2.45, 2.75) is 13.0 Å². The minimum Gasteiger partial charge on any atom is -0.492 e. The Bertz CT molecular complexity index is 876. The molecule has 0 radical (unpaired) electrons. The van der Waals surface area contributed by atoms with Crippen LogP contribution in [-0.2, 0) is 0 Å². The highest BCUT2D eigenvalue weighted by molar-refractivity contribution is 7.17. The Kier molecular flexibility index (Phi) is 4.93.